The van der Waals surface area contributed by atoms with Crippen LogP contribution in [-0.2, 0) is 0 Å². The molecule has 0 bridgehead atoms. The number of benzene rings is 2. The quantitative estimate of drug-likeness (QED) is 0.501. The van der Waals surface area contributed by atoms with Crippen molar-refractivity contribution in [1.29, 1.82) is 0 Å². The number of hydrogen-bond acceptors (Lipinski definition) is 2. The van der Waals surface area contributed by atoms with E-state index in [1.54, 1.807) is 13.0 Å². The van der Waals surface area contributed by atoms with Gasteiger partial charge in [-0.25, -0.2) is 0 Å². The van der Waals surface area contributed by atoms with Gasteiger partial charge in [-0.3, -0.25) is 4.79 Å². The highest BCUT2D eigenvalue weighted by Crippen LogP contribution is 2.36. The standard InChI is InChI=1S/C19H14Cl2F3NO/c1-10-5-12(3-4-16(10)11(2)25)18(26)9-17(19(22,23)24)13-6-14(20)8-15(21)7-13/h3-9H,2,25H2,1H3/b17-9-. The molecule has 2 N–H and O–H groups in total. The molecule has 0 fully saturated rings. The zero-order valence-electron chi connectivity index (χ0n) is 13.6. The molecule has 0 spiro atoms. The summed E-state index contributed by atoms with van der Waals surface area (Å²) in [6, 6.07) is 7.93. The first-order chi connectivity index (χ1) is 12.0. The zero-order chi connectivity index (χ0) is 19.6. The molecule has 2 aromatic rings. The van der Waals surface area contributed by atoms with E-state index in [9.17, 15) is 18.0 Å². The van der Waals surface area contributed by atoms with Crippen LogP contribution in [0, 0.1) is 6.92 Å². The van der Waals surface area contributed by atoms with Gasteiger partial charge < -0.3 is 5.73 Å². The van der Waals surface area contributed by atoms with E-state index in [4.69, 9.17) is 28.9 Å². The van der Waals surface area contributed by atoms with E-state index < -0.39 is 17.5 Å². The summed E-state index contributed by atoms with van der Waals surface area (Å²) in [6.07, 6.45) is -4.22. The van der Waals surface area contributed by atoms with Crippen LogP contribution in [0.25, 0.3) is 11.3 Å². The minimum Gasteiger partial charge on any atom is -0.399 e. The van der Waals surface area contributed by atoms with Crippen molar-refractivity contribution in [3.05, 3.63) is 81.4 Å². The monoisotopic (exact) mass is 399 g/mol. The Bertz CT molecular complexity index is 897. The molecule has 2 aromatic carbocycles. The highest BCUT2D eigenvalue weighted by atomic mass is 35.5. The summed E-state index contributed by atoms with van der Waals surface area (Å²) < 4.78 is 40.4. The van der Waals surface area contributed by atoms with Gasteiger partial charge in [0, 0.05) is 21.3 Å². The summed E-state index contributed by atoms with van der Waals surface area (Å²) in [5.74, 6) is -0.800. The molecule has 0 heterocycles. The van der Waals surface area contributed by atoms with Gasteiger partial charge in [0.25, 0.3) is 0 Å². The van der Waals surface area contributed by atoms with E-state index in [2.05, 4.69) is 6.58 Å². The molecule has 0 aliphatic rings. The highest BCUT2D eigenvalue weighted by molar-refractivity contribution is 6.35. The predicted octanol–water partition coefficient (Wildman–Crippen LogP) is 6.06. The van der Waals surface area contributed by atoms with Gasteiger partial charge in [0.1, 0.15) is 0 Å². The van der Waals surface area contributed by atoms with Crippen molar-refractivity contribution < 1.29 is 18.0 Å². The molecule has 0 saturated carbocycles. The van der Waals surface area contributed by atoms with Crippen LogP contribution in [0.3, 0.4) is 0 Å². The van der Waals surface area contributed by atoms with Gasteiger partial charge in [-0.05, 0) is 54.0 Å². The molecule has 7 heteroatoms. The van der Waals surface area contributed by atoms with Crippen LogP contribution < -0.4 is 5.73 Å². The number of carbonyl (C=O) groups is 1. The molecule has 0 amide bonds. The maximum absolute atomic E-state index is 13.5. The summed E-state index contributed by atoms with van der Waals surface area (Å²) >= 11 is 11.6. The van der Waals surface area contributed by atoms with Crippen molar-refractivity contribution in [3.63, 3.8) is 0 Å². The van der Waals surface area contributed by atoms with Crippen molar-refractivity contribution in [2.45, 2.75) is 13.1 Å². The van der Waals surface area contributed by atoms with Gasteiger partial charge >= 0.3 is 6.18 Å². The molecule has 0 aliphatic heterocycles. The lowest BCUT2D eigenvalue weighted by atomic mass is 9.98. The first-order valence-electron chi connectivity index (χ1n) is 7.34. The van der Waals surface area contributed by atoms with Crippen LogP contribution >= 0.6 is 23.2 Å². The Hall–Kier alpha value is -2.24. The van der Waals surface area contributed by atoms with Crippen LogP contribution in [-0.4, -0.2) is 12.0 Å². The highest BCUT2D eigenvalue weighted by Gasteiger charge is 2.35. The van der Waals surface area contributed by atoms with Gasteiger partial charge in [0.2, 0.25) is 0 Å². The van der Waals surface area contributed by atoms with Crippen LogP contribution in [0.15, 0.2) is 49.1 Å². The molecular weight excluding hydrogens is 386 g/mol. The molecule has 0 radical (unpaired) electrons. The molecule has 136 valence electrons. The number of nitrogens with two attached hydrogens (primary N) is 1. The SMILES string of the molecule is C=C(N)c1ccc(C(=O)/C=C(/c2cc(Cl)cc(Cl)c2)C(F)(F)F)cc1C. The number of ketones is 1. The molecule has 0 aromatic heterocycles. The summed E-state index contributed by atoms with van der Waals surface area (Å²) in [5, 5.41) is 0.0773. The number of rotatable bonds is 4. The molecule has 2 nitrogen and oxygen atoms in total. The summed E-state index contributed by atoms with van der Waals surface area (Å²) in [4.78, 5) is 12.4. The fraction of sp³-hybridized carbons (Fsp3) is 0.105. The number of allylic oxidation sites excluding steroid dienone is 2. The summed E-state index contributed by atoms with van der Waals surface area (Å²) in [5.41, 5.74) is 5.87. The van der Waals surface area contributed by atoms with E-state index in [-0.39, 0.29) is 21.2 Å². The Kier molecular flexibility index (Phi) is 5.84. The minimum absolute atomic E-state index is 0.0387. The number of halogens is 5. The van der Waals surface area contributed by atoms with E-state index >= 15 is 0 Å². The Balaban J connectivity index is 2.52. The van der Waals surface area contributed by atoms with E-state index in [0.29, 0.717) is 22.9 Å². The average Bonchev–Trinajstić information content (AvgIpc) is 2.49. The molecule has 26 heavy (non-hydrogen) atoms. The largest absolute Gasteiger partial charge is 0.417 e. The number of carbonyl (C=O) groups excluding carboxylic acids is 1. The van der Waals surface area contributed by atoms with Gasteiger partial charge in [-0.2, -0.15) is 13.2 Å². The lowest BCUT2D eigenvalue weighted by molar-refractivity contribution is -0.0689. The fourth-order valence-electron chi connectivity index (χ4n) is 2.43. The minimum atomic E-state index is -4.76. The number of alkyl halides is 3. The van der Waals surface area contributed by atoms with Crippen molar-refractivity contribution >= 4 is 40.3 Å². The fourth-order valence-corrected chi connectivity index (χ4v) is 2.96. The lowest BCUT2D eigenvalue weighted by Gasteiger charge is -2.13. The second kappa shape index (κ2) is 7.56. The first kappa shape index (κ1) is 20.1. The normalized spacial score (nSPS) is 12.2. The first-order valence-corrected chi connectivity index (χ1v) is 8.09. The predicted molar refractivity (Wildman–Crippen MR) is 99.2 cm³/mol. The molecular formula is C19H14Cl2F3NO. The maximum atomic E-state index is 13.5. The topological polar surface area (TPSA) is 43.1 Å². The molecule has 2 rings (SSSR count). The smallest absolute Gasteiger partial charge is 0.399 e. The van der Waals surface area contributed by atoms with Crippen LogP contribution in [0.4, 0.5) is 13.2 Å². The average molecular weight is 400 g/mol. The Morgan fingerprint density at radius 3 is 2.12 bits per heavy atom. The summed E-state index contributed by atoms with van der Waals surface area (Å²) in [7, 11) is 0. The van der Waals surface area contributed by atoms with Crippen molar-refractivity contribution in [2.75, 3.05) is 0 Å². The van der Waals surface area contributed by atoms with E-state index in [1.807, 2.05) is 0 Å². The number of hydrogen-bond donors (Lipinski definition) is 1. The van der Waals surface area contributed by atoms with Crippen molar-refractivity contribution in [1.82, 2.24) is 0 Å². The van der Waals surface area contributed by atoms with Crippen molar-refractivity contribution in [2.24, 2.45) is 5.73 Å². The molecule has 0 unspecified atom stereocenters. The Morgan fingerprint density at radius 2 is 1.65 bits per heavy atom. The second-order valence-electron chi connectivity index (χ2n) is 5.63. The van der Waals surface area contributed by atoms with Crippen LogP contribution in [0.5, 0.6) is 0 Å². The lowest BCUT2D eigenvalue weighted by Crippen LogP contribution is -2.13. The third-order valence-electron chi connectivity index (χ3n) is 3.61. The van der Waals surface area contributed by atoms with Gasteiger partial charge in [-0.1, -0.05) is 41.9 Å². The van der Waals surface area contributed by atoms with Crippen molar-refractivity contribution in [3.8, 4) is 0 Å². The van der Waals surface area contributed by atoms with Crippen LogP contribution in [0.1, 0.15) is 27.0 Å². The summed E-state index contributed by atoms with van der Waals surface area (Å²) in [6.45, 7) is 5.29. The van der Waals surface area contributed by atoms with Gasteiger partial charge in [0.05, 0.1) is 5.57 Å². The maximum Gasteiger partial charge on any atom is 0.417 e. The van der Waals surface area contributed by atoms with E-state index in [0.717, 1.165) is 12.1 Å². The molecule has 0 saturated heterocycles. The second-order valence-corrected chi connectivity index (χ2v) is 6.51. The van der Waals surface area contributed by atoms with E-state index in [1.165, 1.54) is 18.2 Å². The number of aryl methyl sites for hydroxylation is 1. The Labute approximate surface area is 158 Å². The molecule has 0 atom stereocenters. The Morgan fingerprint density at radius 1 is 1.08 bits per heavy atom. The van der Waals surface area contributed by atoms with Gasteiger partial charge in [0.15, 0.2) is 5.78 Å². The third kappa shape index (κ3) is 4.68. The third-order valence-corrected chi connectivity index (χ3v) is 4.05. The zero-order valence-corrected chi connectivity index (χ0v) is 15.1. The van der Waals surface area contributed by atoms with Gasteiger partial charge in [-0.15, -0.1) is 0 Å². The molecule has 0 aliphatic carbocycles. The van der Waals surface area contributed by atoms with Crippen LogP contribution in [0.2, 0.25) is 10.0 Å².